The van der Waals surface area contributed by atoms with E-state index < -0.39 is 0 Å². The van der Waals surface area contributed by atoms with Gasteiger partial charge in [0, 0.05) is 12.3 Å². The lowest BCUT2D eigenvalue weighted by Crippen LogP contribution is -2.26. The van der Waals surface area contributed by atoms with Crippen molar-refractivity contribution in [2.24, 2.45) is 0 Å². The summed E-state index contributed by atoms with van der Waals surface area (Å²) in [5, 5.41) is 5.60. The van der Waals surface area contributed by atoms with Crippen LogP contribution in [0.4, 0.5) is 5.69 Å². The average Bonchev–Trinajstić information content (AvgIpc) is 2.79. The van der Waals surface area contributed by atoms with Crippen molar-refractivity contribution in [2.75, 3.05) is 5.32 Å². The van der Waals surface area contributed by atoms with Gasteiger partial charge in [-0.2, -0.15) is 0 Å². The van der Waals surface area contributed by atoms with Gasteiger partial charge in [-0.15, -0.1) is 0 Å². The molecule has 2 aliphatic carbocycles. The fourth-order valence-electron chi connectivity index (χ4n) is 5.13. The van der Waals surface area contributed by atoms with E-state index in [1.807, 2.05) is 0 Å². The van der Waals surface area contributed by atoms with Gasteiger partial charge in [0.2, 0.25) is 5.91 Å². The van der Waals surface area contributed by atoms with Gasteiger partial charge >= 0.3 is 0 Å². The second-order valence-corrected chi connectivity index (χ2v) is 7.56. The van der Waals surface area contributed by atoms with E-state index >= 15 is 0 Å². The first kappa shape index (κ1) is 14.7. The maximum Gasteiger partial charge on any atom is 0.221 e. The first-order valence-electron chi connectivity index (χ1n) is 8.94. The first-order valence-corrected chi connectivity index (χ1v) is 8.94. The van der Waals surface area contributed by atoms with Gasteiger partial charge in [-0.3, -0.25) is 4.79 Å². The van der Waals surface area contributed by atoms with Crippen LogP contribution >= 0.6 is 0 Å². The minimum atomic E-state index is 0.0281. The normalized spacial score (nSPS) is 22.3. The van der Waals surface area contributed by atoms with E-state index in [2.05, 4.69) is 42.6 Å². The molecule has 1 amide bonds. The summed E-state index contributed by atoms with van der Waals surface area (Å²) in [5.41, 5.74) is 4.35. The van der Waals surface area contributed by atoms with Gasteiger partial charge in [0.25, 0.3) is 0 Å². The lowest BCUT2D eigenvalue weighted by molar-refractivity contribution is -0.114. The molecule has 2 heteroatoms. The molecule has 120 valence electrons. The van der Waals surface area contributed by atoms with Crippen LogP contribution in [0.15, 0.2) is 30.3 Å². The fraction of sp³-hybridized carbons (Fsp3) is 0.476. The Labute approximate surface area is 138 Å². The van der Waals surface area contributed by atoms with Crippen molar-refractivity contribution in [1.82, 2.24) is 0 Å². The van der Waals surface area contributed by atoms with Gasteiger partial charge in [0.05, 0.1) is 5.69 Å². The number of nitrogens with one attached hydrogen (secondary N) is 1. The molecule has 0 unspecified atom stereocenters. The molecule has 2 nitrogen and oxygen atoms in total. The molecule has 2 aliphatic rings. The number of amides is 1. The van der Waals surface area contributed by atoms with E-state index in [4.69, 9.17) is 0 Å². The smallest absolute Gasteiger partial charge is 0.221 e. The molecular formula is C21H25NO. The van der Waals surface area contributed by atoms with Crippen LogP contribution in [0.5, 0.6) is 0 Å². The van der Waals surface area contributed by atoms with Crippen LogP contribution in [0.1, 0.15) is 69.4 Å². The van der Waals surface area contributed by atoms with Gasteiger partial charge in [0.1, 0.15) is 0 Å². The number of anilines is 1. The lowest BCUT2D eigenvalue weighted by atomic mass is 9.69. The lowest BCUT2D eigenvalue weighted by Gasteiger charge is -2.35. The first-order chi connectivity index (χ1) is 11.1. The highest BCUT2D eigenvalue weighted by molar-refractivity contribution is 6.04. The number of hydrogen-bond donors (Lipinski definition) is 1. The zero-order valence-electron chi connectivity index (χ0n) is 14.1. The Kier molecular flexibility index (Phi) is 3.44. The summed E-state index contributed by atoms with van der Waals surface area (Å²) in [7, 11) is 0. The molecular weight excluding hydrogens is 282 g/mol. The molecule has 0 aromatic heterocycles. The van der Waals surface area contributed by atoms with Crippen LogP contribution in [0.2, 0.25) is 0 Å². The standard InChI is InChI=1S/C21H25NO/c1-14-13-21(10-6-3-7-11-21)18-12-16-8-4-5-9-17(16)20(19(14)18)22-15(2)23/h4-5,8-9,12,14H,3,6-7,10-11,13H2,1-2H3,(H,22,23)/t14-/m1/s1. The van der Waals surface area contributed by atoms with Crippen molar-refractivity contribution in [3.8, 4) is 0 Å². The minimum Gasteiger partial charge on any atom is -0.325 e. The zero-order valence-corrected chi connectivity index (χ0v) is 14.1. The van der Waals surface area contributed by atoms with Crippen LogP contribution < -0.4 is 5.32 Å². The van der Waals surface area contributed by atoms with Crippen molar-refractivity contribution in [3.63, 3.8) is 0 Å². The summed E-state index contributed by atoms with van der Waals surface area (Å²) in [4.78, 5) is 11.8. The molecule has 0 aliphatic heterocycles. The molecule has 1 atom stereocenters. The van der Waals surface area contributed by atoms with Gasteiger partial charge in [-0.25, -0.2) is 0 Å². The summed E-state index contributed by atoms with van der Waals surface area (Å²) >= 11 is 0. The largest absolute Gasteiger partial charge is 0.325 e. The predicted molar refractivity (Wildman–Crippen MR) is 96.0 cm³/mol. The van der Waals surface area contributed by atoms with Crippen molar-refractivity contribution in [2.45, 2.75) is 63.7 Å². The maximum atomic E-state index is 11.8. The number of fused-ring (bicyclic) bond motifs is 3. The fourth-order valence-corrected chi connectivity index (χ4v) is 5.13. The highest BCUT2D eigenvalue weighted by Crippen LogP contribution is 2.56. The SMILES string of the molecule is CC(=O)Nc1c2c(cc3ccccc13)C1(CCCCC1)C[C@H]2C. The number of rotatable bonds is 1. The van der Waals surface area contributed by atoms with Crippen molar-refractivity contribution >= 4 is 22.4 Å². The molecule has 0 saturated heterocycles. The van der Waals surface area contributed by atoms with Gasteiger partial charge in [-0.1, -0.05) is 56.5 Å². The molecule has 2 aromatic rings. The Hall–Kier alpha value is -1.83. The molecule has 0 bridgehead atoms. The van der Waals surface area contributed by atoms with Crippen LogP contribution in [-0.2, 0) is 10.2 Å². The quantitative estimate of drug-likeness (QED) is 0.739. The second-order valence-electron chi connectivity index (χ2n) is 7.56. The summed E-state index contributed by atoms with van der Waals surface area (Å²) in [5.74, 6) is 0.551. The Morgan fingerprint density at radius 1 is 1.17 bits per heavy atom. The topological polar surface area (TPSA) is 29.1 Å². The third-order valence-corrected chi connectivity index (χ3v) is 5.96. The summed E-state index contributed by atoms with van der Waals surface area (Å²) < 4.78 is 0. The van der Waals surface area contributed by atoms with E-state index in [0.29, 0.717) is 11.3 Å². The third kappa shape index (κ3) is 2.27. The van der Waals surface area contributed by atoms with Crippen molar-refractivity contribution in [3.05, 3.63) is 41.5 Å². The Balaban J connectivity index is 1.99. The van der Waals surface area contributed by atoms with Crippen molar-refractivity contribution in [1.29, 1.82) is 0 Å². The Morgan fingerprint density at radius 3 is 2.65 bits per heavy atom. The van der Waals surface area contributed by atoms with E-state index in [1.54, 1.807) is 6.92 Å². The Morgan fingerprint density at radius 2 is 1.91 bits per heavy atom. The number of benzene rings is 2. The summed E-state index contributed by atoms with van der Waals surface area (Å²) in [6.45, 7) is 3.95. The zero-order chi connectivity index (χ0) is 16.0. The molecule has 1 spiro atoms. The molecule has 1 fully saturated rings. The number of carbonyl (C=O) groups is 1. The van der Waals surface area contributed by atoms with Gasteiger partial charge in [-0.05, 0) is 47.1 Å². The molecule has 1 saturated carbocycles. The summed E-state index contributed by atoms with van der Waals surface area (Å²) in [6, 6.07) is 10.9. The Bertz CT molecular complexity index is 771. The highest BCUT2D eigenvalue weighted by Gasteiger charge is 2.44. The number of hydrogen-bond acceptors (Lipinski definition) is 1. The maximum absolute atomic E-state index is 11.8. The van der Waals surface area contributed by atoms with E-state index in [0.717, 1.165) is 5.69 Å². The summed E-state index contributed by atoms with van der Waals surface area (Å²) in [6.07, 6.45) is 7.91. The predicted octanol–water partition coefficient (Wildman–Crippen LogP) is 5.51. The van der Waals surface area contributed by atoms with E-state index in [9.17, 15) is 4.79 Å². The van der Waals surface area contributed by atoms with Crippen LogP contribution in [0, 0.1) is 0 Å². The number of carbonyl (C=O) groups excluding carboxylic acids is 1. The molecule has 0 radical (unpaired) electrons. The van der Waals surface area contributed by atoms with Crippen LogP contribution in [0.3, 0.4) is 0 Å². The highest BCUT2D eigenvalue weighted by atomic mass is 16.1. The second kappa shape index (κ2) is 5.36. The van der Waals surface area contributed by atoms with Gasteiger partial charge < -0.3 is 5.32 Å². The molecule has 4 rings (SSSR count). The average molecular weight is 307 g/mol. The monoisotopic (exact) mass is 307 g/mol. The van der Waals surface area contributed by atoms with Crippen LogP contribution in [-0.4, -0.2) is 5.91 Å². The van der Waals surface area contributed by atoms with E-state index in [1.165, 1.54) is 60.4 Å². The molecule has 1 N–H and O–H groups in total. The minimum absolute atomic E-state index is 0.0281. The van der Waals surface area contributed by atoms with Crippen molar-refractivity contribution < 1.29 is 4.79 Å². The molecule has 2 aromatic carbocycles. The molecule has 0 heterocycles. The molecule has 23 heavy (non-hydrogen) atoms. The third-order valence-electron chi connectivity index (χ3n) is 5.96. The van der Waals surface area contributed by atoms with Gasteiger partial charge in [0.15, 0.2) is 0 Å². The van der Waals surface area contributed by atoms with Crippen LogP contribution in [0.25, 0.3) is 10.8 Å². The van der Waals surface area contributed by atoms with E-state index in [-0.39, 0.29) is 5.91 Å².